The maximum Gasteiger partial charge on any atom is 0.253 e. The Kier molecular flexibility index (Phi) is 9.51. The van der Waals surface area contributed by atoms with E-state index in [-0.39, 0.29) is 39.3 Å². The van der Waals surface area contributed by atoms with Crippen LogP contribution in [0.4, 0.5) is 0 Å². The first-order chi connectivity index (χ1) is 11.5. The maximum absolute atomic E-state index is 11.6. The van der Waals surface area contributed by atoms with Crippen LogP contribution >= 0.6 is 0 Å². The van der Waals surface area contributed by atoms with Crippen LogP contribution in [0.5, 0.6) is 0 Å². The van der Waals surface area contributed by atoms with Gasteiger partial charge in [-0.2, -0.15) is 0 Å². The summed E-state index contributed by atoms with van der Waals surface area (Å²) in [6.07, 6.45) is 2.71. The number of ether oxygens (including phenoxy) is 1. The van der Waals surface area contributed by atoms with Crippen LogP contribution in [-0.2, 0) is 33.7 Å². The number of hydrogen-bond donors (Lipinski definition) is 1. The van der Waals surface area contributed by atoms with E-state index in [1.807, 2.05) is 0 Å². The molecule has 0 unspecified atom stereocenters. The second kappa shape index (κ2) is 11.4. The number of amides is 3. The van der Waals surface area contributed by atoms with Crippen molar-refractivity contribution in [1.29, 1.82) is 0 Å². The van der Waals surface area contributed by atoms with E-state index in [0.29, 0.717) is 26.2 Å². The Morgan fingerprint density at radius 1 is 1.04 bits per heavy atom. The minimum atomic E-state index is -0.401. The quantitative estimate of drug-likeness (QED) is 0.210. The Bertz CT molecular complexity index is 478. The predicted octanol–water partition coefficient (Wildman–Crippen LogP) is -0.392. The van der Waals surface area contributed by atoms with Crippen LogP contribution in [0.15, 0.2) is 12.2 Å². The number of imide groups is 1. The molecule has 136 valence electrons. The fraction of sp³-hybridized carbons (Fsp3) is 0.600. The van der Waals surface area contributed by atoms with E-state index in [1.54, 1.807) is 0 Å². The Labute approximate surface area is 141 Å². The van der Waals surface area contributed by atoms with E-state index >= 15 is 0 Å². The molecule has 0 saturated heterocycles. The van der Waals surface area contributed by atoms with Crippen molar-refractivity contribution in [2.45, 2.75) is 19.8 Å². The summed E-state index contributed by atoms with van der Waals surface area (Å²) in [5.74, 6) is -1.04. The van der Waals surface area contributed by atoms with Gasteiger partial charge in [0.15, 0.2) is 0 Å². The number of carbonyl (C=O) groups excluding carboxylic acids is 4. The van der Waals surface area contributed by atoms with Crippen molar-refractivity contribution in [1.82, 2.24) is 10.2 Å². The SMILES string of the molecule is CC(=O)CCOOCCOCCNC(=O)CCN1C(=O)C=CC1=O.[HH]. The largest absolute Gasteiger partial charge is 0.377 e. The zero-order chi connectivity index (χ0) is 17.8. The third-order valence-electron chi connectivity index (χ3n) is 2.96. The van der Waals surface area contributed by atoms with Gasteiger partial charge in [-0.15, -0.1) is 0 Å². The van der Waals surface area contributed by atoms with Crippen LogP contribution in [0.25, 0.3) is 0 Å². The highest BCUT2D eigenvalue weighted by atomic mass is 17.2. The normalized spacial score (nSPS) is 13.6. The van der Waals surface area contributed by atoms with Crippen molar-refractivity contribution >= 4 is 23.5 Å². The highest BCUT2D eigenvalue weighted by molar-refractivity contribution is 6.13. The summed E-state index contributed by atoms with van der Waals surface area (Å²) in [4.78, 5) is 55.3. The molecule has 0 spiro atoms. The van der Waals surface area contributed by atoms with Crippen molar-refractivity contribution in [3.8, 4) is 0 Å². The minimum Gasteiger partial charge on any atom is -0.377 e. The zero-order valence-electron chi connectivity index (χ0n) is 13.6. The topological polar surface area (TPSA) is 111 Å². The lowest BCUT2D eigenvalue weighted by Crippen LogP contribution is -2.35. The third-order valence-corrected chi connectivity index (χ3v) is 2.96. The van der Waals surface area contributed by atoms with Gasteiger partial charge in [-0.25, -0.2) is 9.78 Å². The molecule has 0 bridgehead atoms. The van der Waals surface area contributed by atoms with Gasteiger partial charge in [-0.05, 0) is 6.92 Å². The number of carbonyl (C=O) groups is 4. The van der Waals surface area contributed by atoms with Gasteiger partial charge in [-0.1, -0.05) is 0 Å². The highest BCUT2D eigenvalue weighted by Gasteiger charge is 2.23. The van der Waals surface area contributed by atoms with Gasteiger partial charge in [0.1, 0.15) is 12.4 Å². The molecular formula is C15H24N2O7. The van der Waals surface area contributed by atoms with E-state index in [0.717, 1.165) is 4.90 Å². The molecule has 0 atom stereocenters. The van der Waals surface area contributed by atoms with Crippen molar-refractivity contribution < 1.29 is 35.1 Å². The molecule has 0 aromatic heterocycles. The molecular weight excluding hydrogens is 320 g/mol. The molecule has 3 amide bonds. The van der Waals surface area contributed by atoms with E-state index in [1.165, 1.54) is 19.1 Å². The maximum atomic E-state index is 11.6. The number of nitrogens with one attached hydrogen (secondary N) is 1. The van der Waals surface area contributed by atoms with E-state index in [2.05, 4.69) is 5.32 Å². The number of nitrogens with zero attached hydrogens (tertiary/aromatic N) is 1. The molecule has 0 radical (unpaired) electrons. The second-order valence-corrected chi connectivity index (χ2v) is 4.97. The van der Waals surface area contributed by atoms with Crippen LogP contribution in [0.2, 0.25) is 0 Å². The lowest BCUT2D eigenvalue weighted by atomic mass is 10.3. The summed E-state index contributed by atoms with van der Waals surface area (Å²) in [6, 6.07) is 0. The van der Waals surface area contributed by atoms with Gasteiger partial charge in [0.25, 0.3) is 11.8 Å². The van der Waals surface area contributed by atoms with Gasteiger partial charge < -0.3 is 10.1 Å². The molecule has 9 heteroatoms. The van der Waals surface area contributed by atoms with E-state index in [4.69, 9.17) is 14.5 Å². The lowest BCUT2D eigenvalue weighted by molar-refractivity contribution is -0.298. The molecule has 0 aliphatic carbocycles. The number of ketones is 1. The molecule has 1 heterocycles. The summed E-state index contributed by atoms with van der Waals surface area (Å²) in [5, 5.41) is 2.62. The Morgan fingerprint density at radius 3 is 2.38 bits per heavy atom. The van der Waals surface area contributed by atoms with E-state index < -0.39 is 11.8 Å². The molecule has 1 aliphatic heterocycles. The highest BCUT2D eigenvalue weighted by Crippen LogP contribution is 2.03. The summed E-state index contributed by atoms with van der Waals surface area (Å²) < 4.78 is 5.21. The number of hydrogen-bond acceptors (Lipinski definition) is 7. The molecule has 1 rings (SSSR count). The third kappa shape index (κ3) is 8.51. The van der Waals surface area contributed by atoms with Gasteiger partial charge in [0.2, 0.25) is 5.91 Å². The lowest BCUT2D eigenvalue weighted by Gasteiger charge is -2.13. The molecule has 0 aromatic rings. The summed E-state index contributed by atoms with van der Waals surface area (Å²) in [6.45, 7) is 2.86. The Morgan fingerprint density at radius 2 is 1.71 bits per heavy atom. The van der Waals surface area contributed by atoms with E-state index in [9.17, 15) is 19.2 Å². The monoisotopic (exact) mass is 344 g/mol. The molecule has 0 fully saturated rings. The van der Waals surface area contributed by atoms with Crippen LogP contribution in [0.3, 0.4) is 0 Å². The predicted molar refractivity (Wildman–Crippen MR) is 83.6 cm³/mol. The first-order valence-electron chi connectivity index (χ1n) is 7.62. The van der Waals surface area contributed by atoms with Crippen molar-refractivity contribution in [3.05, 3.63) is 12.2 Å². The standard InChI is InChI=1S/C15H22N2O7.H2/c1-12(18)5-8-23-24-11-10-22-9-6-16-13(19)4-7-17-14(20)2-3-15(17)21;/h2-3H,4-11H2,1H3,(H,16,19);1H. The average molecular weight is 344 g/mol. The first-order valence-corrected chi connectivity index (χ1v) is 7.62. The summed E-state index contributed by atoms with van der Waals surface area (Å²) in [5.41, 5.74) is 0. The van der Waals surface area contributed by atoms with Crippen molar-refractivity contribution in [2.75, 3.05) is 39.5 Å². The zero-order valence-corrected chi connectivity index (χ0v) is 13.6. The molecule has 1 aliphatic rings. The minimum absolute atomic E-state index is 0. The first kappa shape index (κ1) is 19.9. The van der Waals surface area contributed by atoms with Crippen molar-refractivity contribution in [3.63, 3.8) is 0 Å². The fourth-order valence-corrected chi connectivity index (χ4v) is 1.71. The molecule has 1 N–H and O–H groups in total. The number of rotatable bonds is 13. The molecule has 9 nitrogen and oxygen atoms in total. The Hall–Kier alpha value is -2.10. The van der Waals surface area contributed by atoms with Gasteiger partial charge >= 0.3 is 0 Å². The molecule has 0 saturated carbocycles. The fourth-order valence-electron chi connectivity index (χ4n) is 1.71. The van der Waals surface area contributed by atoms with Crippen LogP contribution in [0, 0.1) is 0 Å². The van der Waals surface area contributed by atoms with Crippen LogP contribution in [-0.4, -0.2) is 67.9 Å². The molecule has 24 heavy (non-hydrogen) atoms. The smallest absolute Gasteiger partial charge is 0.253 e. The van der Waals surface area contributed by atoms with Crippen LogP contribution < -0.4 is 5.32 Å². The second-order valence-electron chi connectivity index (χ2n) is 4.97. The molecule has 0 aromatic carbocycles. The van der Waals surface area contributed by atoms with Gasteiger partial charge in [0.05, 0.1) is 19.8 Å². The average Bonchev–Trinajstić information content (AvgIpc) is 2.85. The van der Waals surface area contributed by atoms with Gasteiger partial charge in [-0.3, -0.25) is 24.1 Å². The van der Waals surface area contributed by atoms with Crippen molar-refractivity contribution in [2.24, 2.45) is 0 Å². The summed E-state index contributed by atoms with van der Waals surface area (Å²) >= 11 is 0. The number of Topliss-reactive ketones (excluding diaryl/α,β-unsaturated/α-hetero) is 1. The van der Waals surface area contributed by atoms with Crippen LogP contribution in [0.1, 0.15) is 21.2 Å². The summed E-state index contributed by atoms with van der Waals surface area (Å²) in [7, 11) is 0. The Balaban J connectivity index is 0.00000576. The van der Waals surface area contributed by atoms with Gasteiger partial charge in [0, 0.05) is 39.5 Å².